The normalized spacial score (nSPS) is 15.4. The zero-order valence-electron chi connectivity index (χ0n) is 8.52. The third kappa shape index (κ3) is 2.77. The van der Waals surface area contributed by atoms with Gasteiger partial charge in [-0.2, -0.15) is 0 Å². The van der Waals surface area contributed by atoms with Crippen LogP contribution in [0.3, 0.4) is 0 Å². The fourth-order valence-corrected chi connectivity index (χ4v) is 2.13. The fraction of sp³-hybridized carbons (Fsp3) is 0.455. The van der Waals surface area contributed by atoms with E-state index in [2.05, 4.69) is 5.32 Å². The van der Waals surface area contributed by atoms with Crippen LogP contribution in [0.5, 0.6) is 5.75 Å². The Kier molecular flexibility index (Phi) is 3.39. The van der Waals surface area contributed by atoms with Crippen LogP contribution in [-0.4, -0.2) is 13.2 Å². The van der Waals surface area contributed by atoms with Gasteiger partial charge in [0.05, 0.1) is 12.1 Å². The second-order valence-corrected chi connectivity index (χ2v) is 4.58. The lowest BCUT2D eigenvalue weighted by Crippen LogP contribution is -2.15. The highest BCUT2D eigenvalue weighted by atomic mass is 35.5. The minimum Gasteiger partial charge on any atom is -0.495 e. The Hall–Kier alpha value is -0.440. The predicted molar refractivity (Wildman–Crippen MR) is 62.9 cm³/mol. The van der Waals surface area contributed by atoms with Crippen LogP contribution >= 0.6 is 23.2 Å². The first-order valence-corrected chi connectivity index (χ1v) is 5.71. The number of halogens is 2. The molecule has 82 valence electrons. The highest BCUT2D eigenvalue weighted by molar-refractivity contribution is 6.35. The van der Waals surface area contributed by atoms with Gasteiger partial charge in [0, 0.05) is 23.2 Å². The van der Waals surface area contributed by atoms with Crippen molar-refractivity contribution >= 4 is 23.2 Å². The molecule has 0 aliphatic heterocycles. The molecule has 2 rings (SSSR count). The summed E-state index contributed by atoms with van der Waals surface area (Å²) in [5.41, 5.74) is 1.02. The predicted octanol–water partition coefficient (Wildman–Crippen LogP) is 3.25. The SMILES string of the molecule is COc1c(Cl)cc(Cl)cc1CNC1CC1. The average Bonchev–Trinajstić information content (AvgIpc) is 2.97. The van der Waals surface area contributed by atoms with Crippen LogP contribution in [-0.2, 0) is 6.54 Å². The largest absolute Gasteiger partial charge is 0.495 e. The highest BCUT2D eigenvalue weighted by Crippen LogP contribution is 2.32. The van der Waals surface area contributed by atoms with Crippen molar-refractivity contribution in [1.29, 1.82) is 0 Å². The number of benzene rings is 1. The van der Waals surface area contributed by atoms with Crippen LogP contribution in [0.15, 0.2) is 12.1 Å². The molecule has 1 aliphatic rings. The first kappa shape index (κ1) is 11.1. The summed E-state index contributed by atoms with van der Waals surface area (Å²) in [6, 6.07) is 4.25. The molecule has 0 bridgehead atoms. The van der Waals surface area contributed by atoms with Crippen molar-refractivity contribution in [1.82, 2.24) is 5.32 Å². The molecule has 2 nitrogen and oxygen atoms in total. The zero-order chi connectivity index (χ0) is 10.8. The van der Waals surface area contributed by atoms with Crippen molar-refractivity contribution in [3.63, 3.8) is 0 Å². The third-order valence-corrected chi connectivity index (χ3v) is 2.95. The molecular formula is C11H13Cl2NO. The molecule has 1 aliphatic carbocycles. The molecule has 0 amide bonds. The summed E-state index contributed by atoms with van der Waals surface area (Å²) in [6.45, 7) is 0.758. The second kappa shape index (κ2) is 4.60. The second-order valence-electron chi connectivity index (χ2n) is 3.74. The van der Waals surface area contributed by atoms with Gasteiger partial charge in [-0.3, -0.25) is 0 Å². The molecule has 4 heteroatoms. The number of ether oxygens (including phenoxy) is 1. The van der Waals surface area contributed by atoms with E-state index in [9.17, 15) is 0 Å². The quantitative estimate of drug-likeness (QED) is 0.880. The van der Waals surface area contributed by atoms with Crippen LogP contribution in [0.2, 0.25) is 10.0 Å². The molecule has 0 spiro atoms. The van der Waals surface area contributed by atoms with Crippen LogP contribution in [0.4, 0.5) is 0 Å². The van der Waals surface area contributed by atoms with Gasteiger partial charge < -0.3 is 10.1 Å². The van der Waals surface area contributed by atoms with Crippen molar-refractivity contribution in [3.8, 4) is 5.75 Å². The molecule has 1 aromatic rings. The molecule has 0 unspecified atom stereocenters. The number of nitrogens with one attached hydrogen (secondary N) is 1. The van der Waals surface area contributed by atoms with Gasteiger partial charge in [0.25, 0.3) is 0 Å². The smallest absolute Gasteiger partial charge is 0.142 e. The Morgan fingerprint density at radius 3 is 2.73 bits per heavy atom. The van der Waals surface area contributed by atoms with Crippen molar-refractivity contribution in [2.75, 3.05) is 7.11 Å². The molecule has 0 aromatic heterocycles. The monoisotopic (exact) mass is 245 g/mol. The summed E-state index contributed by atoms with van der Waals surface area (Å²) in [5.74, 6) is 0.717. The molecule has 1 saturated carbocycles. The Labute approximate surface area is 99.5 Å². The Morgan fingerprint density at radius 1 is 1.40 bits per heavy atom. The first-order valence-electron chi connectivity index (χ1n) is 4.96. The lowest BCUT2D eigenvalue weighted by Gasteiger charge is -2.11. The summed E-state index contributed by atoms with van der Waals surface area (Å²) in [6.07, 6.45) is 2.52. The van der Waals surface area contributed by atoms with Crippen LogP contribution in [0.1, 0.15) is 18.4 Å². The molecule has 1 N–H and O–H groups in total. The summed E-state index contributed by atoms with van der Waals surface area (Å²) in [7, 11) is 1.62. The molecule has 0 atom stereocenters. The van der Waals surface area contributed by atoms with E-state index < -0.39 is 0 Å². The zero-order valence-corrected chi connectivity index (χ0v) is 10.0. The molecular weight excluding hydrogens is 233 g/mol. The summed E-state index contributed by atoms with van der Waals surface area (Å²) < 4.78 is 5.25. The van der Waals surface area contributed by atoms with Crippen molar-refractivity contribution in [2.45, 2.75) is 25.4 Å². The van der Waals surface area contributed by atoms with E-state index in [0.29, 0.717) is 21.8 Å². The van der Waals surface area contributed by atoms with Gasteiger partial charge in [-0.25, -0.2) is 0 Å². The van der Waals surface area contributed by atoms with Crippen molar-refractivity contribution < 1.29 is 4.74 Å². The van der Waals surface area contributed by atoms with E-state index in [-0.39, 0.29) is 0 Å². The van der Waals surface area contributed by atoms with Gasteiger partial charge in [0.1, 0.15) is 5.75 Å². The Morgan fingerprint density at radius 2 is 2.13 bits per heavy atom. The number of hydrogen-bond donors (Lipinski definition) is 1. The van der Waals surface area contributed by atoms with E-state index in [0.717, 1.165) is 12.1 Å². The first-order chi connectivity index (χ1) is 7.20. The van der Waals surface area contributed by atoms with Gasteiger partial charge >= 0.3 is 0 Å². The minimum atomic E-state index is 0.567. The van der Waals surface area contributed by atoms with Crippen LogP contribution in [0.25, 0.3) is 0 Å². The maximum Gasteiger partial charge on any atom is 0.142 e. The standard InChI is InChI=1S/C11H13Cl2NO/c1-15-11-7(6-14-9-2-3-9)4-8(12)5-10(11)13/h4-5,9,14H,2-3,6H2,1H3. The minimum absolute atomic E-state index is 0.567. The maximum atomic E-state index is 6.03. The maximum absolute atomic E-state index is 6.03. The molecule has 0 saturated heterocycles. The lowest BCUT2D eigenvalue weighted by molar-refractivity contribution is 0.408. The number of rotatable bonds is 4. The molecule has 1 fully saturated rings. The van der Waals surface area contributed by atoms with E-state index in [4.69, 9.17) is 27.9 Å². The van der Waals surface area contributed by atoms with E-state index in [1.807, 2.05) is 6.07 Å². The number of hydrogen-bond acceptors (Lipinski definition) is 2. The van der Waals surface area contributed by atoms with Crippen molar-refractivity contribution in [2.24, 2.45) is 0 Å². The van der Waals surface area contributed by atoms with Gasteiger partial charge in [0.15, 0.2) is 0 Å². The van der Waals surface area contributed by atoms with Gasteiger partial charge in [-0.15, -0.1) is 0 Å². The topological polar surface area (TPSA) is 21.3 Å². The molecule has 15 heavy (non-hydrogen) atoms. The fourth-order valence-electron chi connectivity index (χ4n) is 1.52. The molecule has 0 heterocycles. The Balaban J connectivity index is 2.17. The van der Waals surface area contributed by atoms with Crippen LogP contribution in [0, 0.1) is 0 Å². The van der Waals surface area contributed by atoms with E-state index >= 15 is 0 Å². The summed E-state index contributed by atoms with van der Waals surface area (Å²) in [4.78, 5) is 0. The van der Waals surface area contributed by atoms with Gasteiger partial charge in [-0.1, -0.05) is 23.2 Å². The summed E-state index contributed by atoms with van der Waals surface area (Å²) in [5, 5.41) is 4.62. The Bertz CT molecular complexity index is 364. The molecule has 1 aromatic carbocycles. The van der Waals surface area contributed by atoms with Crippen LogP contribution < -0.4 is 10.1 Å². The van der Waals surface area contributed by atoms with Gasteiger partial charge in [-0.05, 0) is 25.0 Å². The molecule has 0 radical (unpaired) electrons. The lowest BCUT2D eigenvalue weighted by atomic mass is 10.2. The number of methoxy groups -OCH3 is 1. The average molecular weight is 246 g/mol. The van der Waals surface area contributed by atoms with E-state index in [1.54, 1.807) is 13.2 Å². The van der Waals surface area contributed by atoms with Crippen molar-refractivity contribution in [3.05, 3.63) is 27.7 Å². The summed E-state index contributed by atoms with van der Waals surface area (Å²) >= 11 is 12.0. The highest BCUT2D eigenvalue weighted by Gasteiger charge is 2.21. The van der Waals surface area contributed by atoms with E-state index in [1.165, 1.54) is 12.8 Å². The van der Waals surface area contributed by atoms with Gasteiger partial charge in [0.2, 0.25) is 0 Å². The third-order valence-electron chi connectivity index (χ3n) is 2.45.